The fourth-order valence-corrected chi connectivity index (χ4v) is 2.92. The van der Waals surface area contributed by atoms with Gasteiger partial charge in [-0.15, -0.1) is 0 Å². The average molecular weight is 236 g/mol. The normalized spacial score (nSPS) is 21.1. The average Bonchev–Trinajstić information content (AvgIpc) is 2.14. The summed E-state index contributed by atoms with van der Waals surface area (Å²) < 4.78 is 27.3. The monoisotopic (exact) mass is 236 g/mol. The zero-order valence-corrected chi connectivity index (χ0v) is 9.50. The lowest BCUT2D eigenvalue weighted by Crippen LogP contribution is -2.33. The van der Waals surface area contributed by atoms with Gasteiger partial charge in [-0.2, -0.15) is 0 Å². The maximum atomic E-state index is 11.1. The van der Waals surface area contributed by atoms with Crippen LogP contribution in [0.4, 0.5) is 0 Å². The Balaban J connectivity index is 2.68. The maximum absolute atomic E-state index is 11.1. The smallest absolute Gasteiger partial charge is 0.307 e. The van der Waals surface area contributed by atoms with Gasteiger partial charge in [-0.1, -0.05) is 0 Å². The van der Waals surface area contributed by atoms with Crippen molar-refractivity contribution in [3.63, 3.8) is 0 Å². The third-order valence-electron chi connectivity index (χ3n) is 2.63. The lowest BCUT2D eigenvalue weighted by atomic mass is 9.87. The third kappa shape index (κ3) is 4.17. The third-order valence-corrected chi connectivity index (χ3v) is 3.60. The van der Waals surface area contributed by atoms with Gasteiger partial charge in [0.05, 0.1) is 11.7 Å². The number of carboxylic acid groups (broad SMARTS) is 1. The molecule has 1 aliphatic rings. The van der Waals surface area contributed by atoms with Gasteiger partial charge in [-0.25, -0.2) is 8.42 Å². The van der Waals surface area contributed by atoms with Crippen molar-refractivity contribution in [1.82, 2.24) is 0 Å². The summed E-state index contributed by atoms with van der Waals surface area (Å²) in [5.41, 5.74) is 0. The number of sulfone groups is 1. The quantitative estimate of drug-likeness (QED) is 0.752. The molecule has 1 aliphatic heterocycles. The van der Waals surface area contributed by atoms with Gasteiger partial charge < -0.3 is 9.84 Å². The minimum Gasteiger partial charge on any atom is -0.481 e. The van der Waals surface area contributed by atoms with Crippen LogP contribution in [0, 0.1) is 11.8 Å². The van der Waals surface area contributed by atoms with Gasteiger partial charge in [-0.3, -0.25) is 4.79 Å². The van der Waals surface area contributed by atoms with Crippen LogP contribution in [0.5, 0.6) is 0 Å². The summed E-state index contributed by atoms with van der Waals surface area (Å²) in [6.45, 7) is 1.05. The molecule has 0 aliphatic carbocycles. The van der Waals surface area contributed by atoms with Crippen molar-refractivity contribution in [2.45, 2.75) is 12.8 Å². The van der Waals surface area contributed by atoms with E-state index in [0.29, 0.717) is 26.1 Å². The summed E-state index contributed by atoms with van der Waals surface area (Å²) in [5.74, 6) is -2.16. The molecule has 0 saturated carbocycles. The van der Waals surface area contributed by atoms with Crippen molar-refractivity contribution in [2.24, 2.45) is 11.8 Å². The molecule has 15 heavy (non-hydrogen) atoms. The minimum absolute atomic E-state index is 0.0778. The second-order valence-corrected chi connectivity index (χ2v) is 6.17. The van der Waals surface area contributed by atoms with Crippen LogP contribution < -0.4 is 0 Å². The predicted octanol–water partition coefficient (Wildman–Crippen LogP) is 0.158. The molecule has 1 N–H and O–H groups in total. The van der Waals surface area contributed by atoms with Gasteiger partial charge in [0.15, 0.2) is 0 Å². The van der Waals surface area contributed by atoms with Crippen LogP contribution in [0.25, 0.3) is 0 Å². The first-order valence-corrected chi connectivity index (χ1v) is 6.94. The molecule has 5 nitrogen and oxygen atoms in total. The van der Waals surface area contributed by atoms with Crippen molar-refractivity contribution in [3.8, 4) is 0 Å². The van der Waals surface area contributed by atoms with E-state index in [-0.39, 0.29) is 11.7 Å². The second-order valence-electron chi connectivity index (χ2n) is 3.99. The van der Waals surface area contributed by atoms with Crippen molar-refractivity contribution in [1.29, 1.82) is 0 Å². The van der Waals surface area contributed by atoms with Gasteiger partial charge in [-0.05, 0) is 18.8 Å². The van der Waals surface area contributed by atoms with Gasteiger partial charge in [0, 0.05) is 19.5 Å². The summed E-state index contributed by atoms with van der Waals surface area (Å²) in [7, 11) is -3.24. The van der Waals surface area contributed by atoms with Crippen LogP contribution in [0.2, 0.25) is 0 Å². The van der Waals surface area contributed by atoms with Crippen molar-refractivity contribution in [3.05, 3.63) is 0 Å². The number of aliphatic carboxylic acids is 1. The largest absolute Gasteiger partial charge is 0.481 e. The Morgan fingerprint density at radius 1 is 1.47 bits per heavy atom. The molecule has 0 aromatic heterocycles. The van der Waals surface area contributed by atoms with Gasteiger partial charge in [0.1, 0.15) is 9.84 Å². The number of hydrogen-bond acceptors (Lipinski definition) is 4. The highest BCUT2D eigenvalue weighted by atomic mass is 32.2. The Kier molecular flexibility index (Phi) is 4.10. The molecule has 1 rings (SSSR count). The number of carbonyl (C=O) groups is 1. The zero-order chi connectivity index (χ0) is 11.5. The molecule has 0 radical (unpaired) electrons. The molecule has 88 valence electrons. The SMILES string of the molecule is CS(=O)(=O)CC(C(=O)O)C1CCOCC1. The van der Waals surface area contributed by atoms with E-state index in [1.165, 1.54) is 0 Å². The van der Waals surface area contributed by atoms with Gasteiger partial charge >= 0.3 is 5.97 Å². The highest BCUT2D eigenvalue weighted by Gasteiger charge is 2.32. The molecular weight excluding hydrogens is 220 g/mol. The Morgan fingerprint density at radius 3 is 2.40 bits per heavy atom. The standard InChI is InChI=1S/C9H16O5S/c1-15(12,13)6-8(9(10)11)7-2-4-14-5-3-7/h7-8H,2-6H2,1H3,(H,10,11). The Bertz CT molecular complexity index is 315. The lowest BCUT2D eigenvalue weighted by molar-refractivity contribution is -0.143. The van der Waals surface area contributed by atoms with E-state index in [0.717, 1.165) is 6.26 Å². The molecule has 1 atom stereocenters. The zero-order valence-electron chi connectivity index (χ0n) is 8.68. The molecule has 0 aromatic rings. The topological polar surface area (TPSA) is 80.7 Å². The summed E-state index contributed by atoms with van der Waals surface area (Å²) in [5, 5.41) is 8.98. The fraction of sp³-hybridized carbons (Fsp3) is 0.889. The van der Waals surface area contributed by atoms with E-state index < -0.39 is 21.7 Å². The van der Waals surface area contributed by atoms with E-state index in [1.807, 2.05) is 0 Å². The van der Waals surface area contributed by atoms with Crippen molar-refractivity contribution in [2.75, 3.05) is 25.2 Å². The molecule has 0 aromatic carbocycles. The first-order valence-electron chi connectivity index (χ1n) is 4.88. The molecule has 6 heteroatoms. The number of hydrogen-bond donors (Lipinski definition) is 1. The van der Waals surface area contributed by atoms with Crippen LogP contribution in [-0.2, 0) is 19.4 Å². The Labute approximate surface area is 89.3 Å². The van der Waals surface area contributed by atoms with Crippen LogP contribution in [0.15, 0.2) is 0 Å². The van der Waals surface area contributed by atoms with E-state index in [4.69, 9.17) is 9.84 Å². The fourth-order valence-electron chi connectivity index (χ4n) is 1.85. The van der Waals surface area contributed by atoms with E-state index in [9.17, 15) is 13.2 Å². The summed E-state index contributed by atoms with van der Waals surface area (Å²) in [6.07, 6.45) is 2.33. The number of rotatable bonds is 4. The summed E-state index contributed by atoms with van der Waals surface area (Å²) in [4.78, 5) is 11.0. The Morgan fingerprint density at radius 2 is 2.00 bits per heavy atom. The van der Waals surface area contributed by atoms with E-state index in [2.05, 4.69) is 0 Å². The molecule has 0 amide bonds. The molecule has 1 unspecified atom stereocenters. The first kappa shape index (κ1) is 12.4. The maximum Gasteiger partial charge on any atom is 0.307 e. The highest BCUT2D eigenvalue weighted by Crippen LogP contribution is 2.25. The molecule has 1 heterocycles. The molecule has 1 fully saturated rings. The van der Waals surface area contributed by atoms with Crippen molar-refractivity contribution < 1.29 is 23.1 Å². The van der Waals surface area contributed by atoms with Crippen LogP contribution in [0.1, 0.15) is 12.8 Å². The van der Waals surface area contributed by atoms with E-state index >= 15 is 0 Å². The molecule has 0 spiro atoms. The summed E-state index contributed by atoms with van der Waals surface area (Å²) in [6, 6.07) is 0. The molecule has 1 saturated heterocycles. The molecule has 0 bridgehead atoms. The Hall–Kier alpha value is -0.620. The number of ether oxygens (including phenoxy) is 1. The minimum atomic E-state index is -3.24. The van der Waals surface area contributed by atoms with Crippen LogP contribution in [0.3, 0.4) is 0 Å². The predicted molar refractivity (Wildman–Crippen MR) is 54.4 cm³/mol. The van der Waals surface area contributed by atoms with E-state index in [1.54, 1.807) is 0 Å². The first-order chi connectivity index (χ1) is 6.90. The number of carboxylic acids is 1. The van der Waals surface area contributed by atoms with Crippen molar-refractivity contribution >= 4 is 15.8 Å². The van der Waals surface area contributed by atoms with Crippen LogP contribution >= 0.6 is 0 Å². The second kappa shape index (κ2) is 4.94. The summed E-state index contributed by atoms with van der Waals surface area (Å²) >= 11 is 0. The van der Waals surface area contributed by atoms with Crippen LogP contribution in [-0.4, -0.2) is 44.7 Å². The molecular formula is C9H16O5S. The van der Waals surface area contributed by atoms with Gasteiger partial charge in [0.25, 0.3) is 0 Å². The van der Waals surface area contributed by atoms with Gasteiger partial charge in [0.2, 0.25) is 0 Å². The highest BCUT2D eigenvalue weighted by molar-refractivity contribution is 7.90. The lowest BCUT2D eigenvalue weighted by Gasteiger charge is -2.26.